The lowest BCUT2D eigenvalue weighted by atomic mass is 9.84. The van der Waals surface area contributed by atoms with E-state index in [0.29, 0.717) is 0 Å². The first kappa shape index (κ1) is 37.6. The Kier molecular flexibility index (Phi) is 9.34. The molecule has 10 aromatic rings. The normalized spacial score (nSPS) is 14.2. The molecule has 1 aromatic heterocycles. The molecule has 0 radical (unpaired) electrons. The SMILES string of the molecule is C1=CC(N(c2ccc(-c3ccccc3)cc2)c2ccc(-c3ccc4c(c3)c3ccccc3n4-c3ccccc3)cc2)CC2=C1c1ccccc1C2=C(c1ccccc1)c1ccccc1. The minimum atomic E-state index is 0.0600. The summed E-state index contributed by atoms with van der Waals surface area (Å²) >= 11 is 0. The zero-order valence-corrected chi connectivity index (χ0v) is 35.4. The summed E-state index contributed by atoms with van der Waals surface area (Å²) in [6.45, 7) is 0. The summed E-state index contributed by atoms with van der Waals surface area (Å²) < 4.78 is 2.38. The summed E-state index contributed by atoms with van der Waals surface area (Å²) in [5.41, 5.74) is 21.1. The molecular weight excluding hydrogens is 773 g/mol. The van der Waals surface area contributed by atoms with E-state index in [9.17, 15) is 0 Å². The third-order valence-corrected chi connectivity index (χ3v) is 13.1. The Labute approximate surface area is 374 Å². The molecule has 2 aliphatic carbocycles. The van der Waals surface area contributed by atoms with E-state index in [1.807, 2.05) is 0 Å². The molecule has 0 spiro atoms. The summed E-state index contributed by atoms with van der Waals surface area (Å²) in [7, 11) is 0. The van der Waals surface area contributed by atoms with Crippen molar-refractivity contribution in [3.05, 3.63) is 277 Å². The molecular formula is C62H44N2. The smallest absolute Gasteiger partial charge is 0.0566 e. The van der Waals surface area contributed by atoms with Crippen LogP contribution in [0.3, 0.4) is 0 Å². The third kappa shape index (κ3) is 6.51. The van der Waals surface area contributed by atoms with Crippen LogP contribution in [0, 0.1) is 0 Å². The number of allylic oxidation sites excluding steroid dienone is 3. The van der Waals surface area contributed by atoms with E-state index < -0.39 is 0 Å². The predicted octanol–water partition coefficient (Wildman–Crippen LogP) is 16.0. The highest BCUT2D eigenvalue weighted by Crippen LogP contribution is 2.51. The lowest BCUT2D eigenvalue weighted by molar-refractivity contribution is 0.774. The van der Waals surface area contributed by atoms with Crippen molar-refractivity contribution in [1.82, 2.24) is 4.57 Å². The first-order valence-electron chi connectivity index (χ1n) is 22.3. The zero-order chi connectivity index (χ0) is 42.4. The molecule has 302 valence electrons. The Morgan fingerprint density at radius 3 is 1.58 bits per heavy atom. The molecule has 12 rings (SSSR count). The Hall–Kier alpha value is -8.20. The van der Waals surface area contributed by atoms with E-state index in [1.54, 1.807) is 0 Å². The minimum absolute atomic E-state index is 0.0600. The number of hydrogen-bond acceptors (Lipinski definition) is 1. The molecule has 0 aliphatic heterocycles. The van der Waals surface area contributed by atoms with Crippen LogP contribution in [0.5, 0.6) is 0 Å². The molecule has 0 saturated heterocycles. The van der Waals surface area contributed by atoms with E-state index >= 15 is 0 Å². The van der Waals surface area contributed by atoms with E-state index in [0.717, 1.165) is 17.8 Å². The lowest BCUT2D eigenvalue weighted by Crippen LogP contribution is -2.31. The van der Waals surface area contributed by atoms with Crippen LogP contribution in [0.15, 0.2) is 254 Å². The molecule has 0 bridgehead atoms. The molecule has 0 amide bonds. The van der Waals surface area contributed by atoms with Gasteiger partial charge < -0.3 is 9.47 Å². The molecule has 0 N–H and O–H groups in total. The second-order valence-electron chi connectivity index (χ2n) is 16.8. The molecule has 2 nitrogen and oxygen atoms in total. The van der Waals surface area contributed by atoms with Crippen LogP contribution in [0.1, 0.15) is 28.7 Å². The minimum Gasteiger partial charge on any atom is -0.334 e. The molecule has 9 aromatic carbocycles. The number of fused-ring (bicyclic) bond motifs is 5. The van der Waals surface area contributed by atoms with Gasteiger partial charge in [0.2, 0.25) is 0 Å². The summed E-state index contributed by atoms with van der Waals surface area (Å²) in [5, 5.41) is 2.51. The van der Waals surface area contributed by atoms with Crippen molar-refractivity contribution >= 4 is 49.9 Å². The van der Waals surface area contributed by atoms with E-state index in [-0.39, 0.29) is 6.04 Å². The average molecular weight is 817 g/mol. The Bertz CT molecular complexity index is 3370. The van der Waals surface area contributed by atoms with Crippen LogP contribution >= 0.6 is 0 Å². The number of hydrogen-bond donors (Lipinski definition) is 0. The van der Waals surface area contributed by atoms with Crippen molar-refractivity contribution in [2.24, 2.45) is 0 Å². The number of para-hydroxylation sites is 2. The lowest BCUT2D eigenvalue weighted by Gasteiger charge is -2.35. The monoisotopic (exact) mass is 816 g/mol. The van der Waals surface area contributed by atoms with Crippen LogP contribution in [-0.4, -0.2) is 10.6 Å². The van der Waals surface area contributed by atoms with Crippen molar-refractivity contribution in [1.29, 1.82) is 0 Å². The van der Waals surface area contributed by atoms with Gasteiger partial charge in [-0.05, 0) is 128 Å². The molecule has 2 aliphatic rings. The van der Waals surface area contributed by atoms with Gasteiger partial charge in [0.15, 0.2) is 0 Å². The fourth-order valence-electron chi connectivity index (χ4n) is 10.2. The van der Waals surface area contributed by atoms with E-state index in [2.05, 4.69) is 258 Å². The third-order valence-electron chi connectivity index (χ3n) is 13.1. The van der Waals surface area contributed by atoms with Crippen LogP contribution in [0.4, 0.5) is 11.4 Å². The van der Waals surface area contributed by atoms with E-state index in [4.69, 9.17) is 0 Å². The van der Waals surface area contributed by atoms with Gasteiger partial charge in [0.25, 0.3) is 0 Å². The Morgan fingerprint density at radius 1 is 0.422 bits per heavy atom. The van der Waals surface area contributed by atoms with Gasteiger partial charge in [-0.2, -0.15) is 0 Å². The maximum absolute atomic E-state index is 2.54. The van der Waals surface area contributed by atoms with Gasteiger partial charge in [-0.1, -0.05) is 194 Å². The van der Waals surface area contributed by atoms with Crippen LogP contribution in [-0.2, 0) is 0 Å². The largest absolute Gasteiger partial charge is 0.334 e. The number of aromatic nitrogens is 1. The van der Waals surface area contributed by atoms with Crippen molar-refractivity contribution in [2.45, 2.75) is 12.5 Å². The standard InChI is InChI=1S/C62H44N2/c1-5-17-43(18-6-1)44-29-34-50(35-30-44)63(51-36-31-45(32-37-51)48-33-40-60-57(41-48)55-26-15-16-28-59(55)64(60)49-23-11-4-12-24-49)52-38-39-54-53-25-13-14-27-56(53)62(58(54)42-52)61(46-19-7-2-8-20-46)47-21-9-3-10-22-47/h1-41,52H,42H2. The van der Waals surface area contributed by atoms with Gasteiger partial charge in [0, 0.05) is 27.8 Å². The number of benzene rings is 9. The summed E-state index contributed by atoms with van der Waals surface area (Å²) in [6, 6.07) is 86.3. The quantitative estimate of drug-likeness (QED) is 0.148. The number of anilines is 2. The molecule has 64 heavy (non-hydrogen) atoms. The first-order chi connectivity index (χ1) is 31.8. The molecule has 0 fully saturated rings. The maximum Gasteiger partial charge on any atom is 0.0566 e. The van der Waals surface area contributed by atoms with E-state index in [1.165, 1.54) is 94.3 Å². The van der Waals surface area contributed by atoms with Gasteiger partial charge in [0.1, 0.15) is 0 Å². The summed E-state index contributed by atoms with van der Waals surface area (Å²) in [6.07, 6.45) is 5.67. The number of rotatable bonds is 8. The van der Waals surface area contributed by atoms with Crippen molar-refractivity contribution in [3.8, 4) is 27.9 Å². The van der Waals surface area contributed by atoms with Gasteiger partial charge in [-0.3, -0.25) is 0 Å². The molecule has 2 heteroatoms. The van der Waals surface area contributed by atoms with Gasteiger partial charge in [-0.15, -0.1) is 0 Å². The zero-order valence-electron chi connectivity index (χ0n) is 35.4. The fraction of sp³-hybridized carbons (Fsp3) is 0.0323. The highest BCUT2D eigenvalue weighted by molar-refractivity contribution is 6.15. The first-order valence-corrected chi connectivity index (χ1v) is 22.3. The maximum atomic E-state index is 2.54. The van der Waals surface area contributed by atoms with Crippen molar-refractivity contribution < 1.29 is 0 Å². The molecule has 1 unspecified atom stereocenters. The molecule has 1 atom stereocenters. The van der Waals surface area contributed by atoms with Crippen molar-refractivity contribution in [2.75, 3.05) is 4.90 Å². The van der Waals surface area contributed by atoms with Crippen molar-refractivity contribution in [3.63, 3.8) is 0 Å². The summed E-state index contributed by atoms with van der Waals surface area (Å²) in [4.78, 5) is 2.54. The van der Waals surface area contributed by atoms with Gasteiger partial charge in [-0.25, -0.2) is 0 Å². The van der Waals surface area contributed by atoms with Gasteiger partial charge in [0.05, 0.1) is 17.1 Å². The second kappa shape index (κ2) is 15.9. The predicted molar refractivity (Wildman–Crippen MR) is 270 cm³/mol. The Balaban J connectivity index is 0.965. The van der Waals surface area contributed by atoms with Crippen LogP contribution in [0.25, 0.3) is 66.5 Å². The molecule has 1 heterocycles. The van der Waals surface area contributed by atoms with Crippen LogP contribution < -0.4 is 4.90 Å². The average Bonchev–Trinajstić information content (AvgIpc) is 3.88. The highest BCUT2D eigenvalue weighted by Gasteiger charge is 2.34. The molecule has 0 saturated carbocycles. The fourth-order valence-corrected chi connectivity index (χ4v) is 10.2. The van der Waals surface area contributed by atoms with Gasteiger partial charge >= 0.3 is 0 Å². The number of nitrogens with zero attached hydrogens (tertiary/aromatic N) is 2. The van der Waals surface area contributed by atoms with Crippen LogP contribution in [0.2, 0.25) is 0 Å². The topological polar surface area (TPSA) is 8.17 Å². The summed E-state index contributed by atoms with van der Waals surface area (Å²) in [5.74, 6) is 0. The second-order valence-corrected chi connectivity index (χ2v) is 16.8. The highest BCUT2D eigenvalue weighted by atomic mass is 15.2. The Morgan fingerprint density at radius 2 is 0.922 bits per heavy atom.